The highest BCUT2D eigenvalue weighted by Gasteiger charge is 2.10. The first-order chi connectivity index (χ1) is 9.58. The van der Waals surface area contributed by atoms with Crippen LogP contribution in [0, 0.1) is 0 Å². The van der Waals surface area contributed by atoms with Crippen molar-refractivity contribution in [1.29, 1.82) is 0 Å². The number of esters is 1. The summed E-state index contributed by atoms with van der Waals surface area (Å²) >= 11 is 0. The van der Waals surface area contributed by atoms with E-state index in [2.05, 4.69) is 31.8 Å². The van der Waals surface area contributed by atoms with Crippen LogP contribution in [-0.2, 0) is 24.1 Å². The van der Waals surface area contributed by atoms with Gasteiger partial charge in [0, 0.05) is 6.08 Å². The number of carbonyl (C=O) groups excluding carboxylic acids is 1. The van der Waals surface area contributed by atoms with Gasteiger partial charge in [-0.3, -0.25) is 4.18 Å². The van der Waals surface area contributed by atoms with Crippen LogP contribution in [0.3, 0.4) is 0 Å². The second kappa shape index (κ2) is 11.7. The van der Waals surface area contributed by atoms with E-state index in [1.54, 1.807) is 0 Å². The number of unbranched alkanes of at least 4 members (excludes halogenated alkanes) is 1. The van der Waals surface area contributed by atoms with Crippen LogP contribution in [0.25, 0.3) is 0 Å². The Balaban J connectivity index is 0. The summed E-state index contributed by atoms with van der Waals surface area (Å²) in [5, 5.41) is 0. The molecule has 7 nitrogen and oxygen atoms in total. The van der Waals surface area contributed by atoms with Crippen LogP contribution >= 0.6 is 0 Å². The monoisotopic (exact) mass is 325 g/mol. The van der Waals surface area contributed by atoms with Gasteiger partial charge in [0.1, 0.15) is 0 Å². The van der Waals surface area contributed by atoms with E-state index in [4.69, 9.17) is 4.74 Å². The van der Waals surface area contributed by atoms with Crippen LogP contribution in [0.4, 0.5) is 0 Å². The zero-order valence-corrected chi connectivity index (χ0v) is 14.1. The van der Waals surface area contributed by atoms with Gasteiger partial charge in [-0.25, -0.2) is 13.2 Å². The van der Waals surface area contributed by atoms with E-state index in [9.17, 15) is 17.8 Å². The van der Waals surface area contributed by atoms with Gasteiger partial charge in [-0.05, 0) is 26.7 Å². The quantitative estimate of drug-likeness (QED) is 0.157. The van der Waals surface area contributed by atoms with Crippen LogP contribution < -0.4 is 0 Å². The van der Waals surface area contributed by atoms with Crippen molar-refractivity contribution in [3.63, 3.8) is 0 Å². The highest BCUT2D eigenvalue weighted by molar-refractivity contribution is 7.80. The maximum absolute atomic E-state index is 10.7. The van der Waals surface area contributed by atoms with Crippen LogP contribution in [0.2, 0.25) is 0 Å². The summed E-state index contributed by atoms with van der Waals surface area (Å²) in [6.45, 7) is 9.61. The van der Waals surface area contributed by atoms with Gasteiger partial charge in [0.25, 0.3) is 0 Å². The van der Waals surface area contributed by atoms with Crippen LogP contribution in [-0.4, -0.2) is 63.8 Å². The Kier molecular flexibility index (Phi) is 12.4. The lowest BCUT2D eigenvalue weighted by Crippen LogP contribution is -2.40. The van der Waals surface area contributed by atoms with Crippen molar-refractivity contribution >= 4 is 16.4 Å². The number of ether oxygens (including phenoxy) is 1. The predicted octanol–water partition coefficient (Wildman–Crippen LogP) is 1.08. The van der Waals surface area contributed by atoms with Crippen LogP contribution in [0.1, 0.15) is 26.7 Å². The molecule has 21 heavy (non-hydrogen) atoms. The molecule has 0 aliphatic rings. The minimum absolute atomic E-state index is 0.0914. The third kappa shape index (κ3) is 19.0. The summed E-state index contributed by atoms with van der Waals surface area (Å²) in [5.74, 6) is -0.325. The van der Waals surface area contributed by atoms with Crippen molar-refractivity contribution in [2.45, 2.75) is 26.7 Å². The summed E-state index contributed by atoms with van der Waals surface area (Å²) in [5.41, 5.74) is 0. The maximum Gasteiger partial charge on any atom is 0.330 e. The number of nitrogens with zero attached hydrogens (tertiary/aromatic N) is 1. The fourth-order valence-corrected chi connectivity index (χ4v) is 1.46. The molecule has 0 aromatic rings. The van der Waals surface area contributed by atoms with E-state index >= 15 is 0 Å². The van der Waals surface area contributed by atoms with Crippen LogP contribution in [0.15, 0.2) is 12.7 Å². The summed E-state index contributed by atoms with van der Waals surface area (Å²) in [4.78, 5) is 10.7. The zero-order chi connectivity index (χ0) is 16.9. The fraction of sp³-hybridized carbons (Fsp3) is 0.769. The molecule has 8 heteroatoms. The van der Waals surface area contributed by atoms with Gasteiger partial charge >= 0.3 is 5.97 Å². The molecule has 126 valence electrons. The second-order valence-electron chi connectivity index (χ2n) is 4.87. The molecule has 0 atom stereocenters. The summed E-state index contributed by atoms with van der Waals surface area (Å²) < 4.78 is 37.9. The molecule has 0 aromatic carbocycles. The molecule has 0 spiro atoms. The molecule has 0 amide bonds. The SMILES string of the molecule is C=CC(=O)OCCCC[N+](C)(C)CC.CCOS(=O)(=O)[O-]. The molecule has 0 N–H and O–H groups in total. The molecule has 0 heterocycles. The highest BCUT2D eigenvalue weighted by atomic mass is 32.3. The Labute approximate surface area is 128 Å². The molecule has 0 aliphatic carbocycles. The van der Waals surface area contributed by atoms with Crippen molar-refractivity contribution < 1.29 is 31.2 Å². The van der Waals surface area contributed by atoms with Crippen molar-refractivity contribution in [2.75, 3.05) is 40.4 Å². The molecule has 0 aliphatic heterocycles. The molecule has 0 fully saturated rings. The van der Waals surface area contributed by atoms with Gasteiger partial charge in [-0.1, -0.05) is 6.58 Å². The predicted molar refractivity (Wildman–Crippen MR) is 79.2 cm³/mol. The van der Waals surface area contributed by atoms with Gasteiger partial charge < -0.3 is 13.8 Å². The van der Waals surface area contributed by atoms with Crippen molar-refractivity contribution in [3.8, 4) is 0 Å². The van der Waals surface area contributed by atoms with E-state index in [1.807, 2.05) is 0 Å². The summed E-state index contributed by atoms with van der Waals surface area (Å²) in [6, 6.07) is 0. The first-order valence-corrected chi connectivity index (χ1v) is 8.12. The first-order valence-electron chi connectivity index (χ1n) is 6.79. The Hall–Kier alpha value is -0.960. The average Bonchev–Trinajstić information content (AvgIpc) is 2.37. The van der Waals surface area contributed by atoms with Gasteiger partial charge in [-0.15, -0.1) is 0 Å². The molecular formula is C13H27NO6S. The lowest BCUT2D eigenvalue weighted by molar-refractivity contribution is -0.888. The third-order valence-corrected chi connectivity index (χ3v) is 3.21. The average molecular weight is 325 g/mol. The molecule has 0 radical (unpaired) electrons. The molecule has 0 unspecified atom stereocenters. The Morgan fingerprint density at radius 3 is 2.19 bits per heavy atom. The molecule has 0 bridgehead atoms. The second-order valence-corrected chi connectivity index (χ2v) is 5.92. The van der Waals surface area contributed by atoms with Gasteiger partial charge in [0.2, 0.25) is 10.4 Å². The molecule has 0 aromatic heterocycles. The molecule has 0 saturated heterocycles. The van der Waals surface area contributed by atoms with E-state index in [0.29, 0.717) is 6.61 Å². The Morgan fingerprint density at radius 1 is 1.29 bits per heavy atom. The lowest BCUT2D eigenvalue weighted by atomic mass is 10.3. The lowest BCUT2D eigenvalue weighted by Gasteiger charge is -2.27. The van der Waals surface area contributed by atoms with E-state index in [1.165, 1.54) is 13.0 Å². The Bertz CT molecular complexity index is 391. The van der Waals surface area contributed by atoms with Gasteiger partial charge in [-0.2, -0.15) is 0 Å². The Morgan fingerprint density at radius 2 is 1.86 bits per heavy atom. The standard InChI is InChI=1S/C11H22NO2.C2H6O4S/c1-5-11(13)14-10-8-7-9-12(3,4)6-2;1-2-6-7(3,4)5/h5H,1,6-10H2,2-4H3;2H2,1H3,(H,3,4,5)/q+1;/p-1. The number of quaternary nitrogens is 1. The largest absolute Gasteiger partial charge is 0.726 e. The highest BCUT2D eigenvalue weighted by Crippen LogP contribution is 2.01. The molecular weight excluding hydrogens is 298 g/mol. The number of hydrogen-bond donors (Lipinski definition) is 0. The van der Waals surface area contributed by atoms with Crippen LogP contribution in [0.5, 0.6) is 0 Å². The molecule has 0 rings (SSSR count). The van der Waals surface area contributed by atoms with E-state index in [0.717, 1.165) is 30.4 Å². The summed E-state index contributed by atoms with van der Waals surface area (Å²) in [7, 11) is -0.0160. The van der Waals surface area contributed by atoms with E-state index < -0.39 is 10.4 Å². The number of hydrogen-bond acceptors (Lipinski definition) is 6. The molecule has 0 saturated carbocycles. The number of carbonyl (C=O) groups is 1. The number of rotatable bonds is 9. The first kappa shape index (κ1) is 22.3. The van der Waals surface area contributed by atoms with Gasteiger partial charge in [0.15, 0.2) is 0 Å². The third-order valence-electron chi connectivity index (χ3n) is 2.69. The van der Waals surface area contributed by atoms with Gasteiger partial charge in [0.05, 0.1) is 40.4 Å². The smallest absolute Gasteiger partial charge is 0.330 e. The van der Waals surface area contributed by atoms with E-state index in [-0.39, 0.29) is 12.6 Å². The summed E-state index contributed by atoms with van der Waals surface area (Å²) in [6.07, 6.45) is 3.22. The maximum atomic E-state index is 10.7. The minimum atomic E-state index is -4.42. The zero-order valence-electron chi connectivity index (χ0n) is 13.3. The van der Waals surface area contributed by atoms with Crippen molar-refractivity contribution in [2.24, 2.45) is 0 Å². The fourth-order valence-electron chi connectivity index (χ4n) is 1.18. The normalized spacial score (nSPS) is 11.3. The minimum Gasteiger partial charge on any atom is -0.726 e. The van der Waals surface area contributed by atoms with Crippen molar-refractivity contribution in [1.82, 2.24) is 0 Å². The topological polar surface area (TPSA) is 92.7 Å². The van der Waals surface area contributed by atoms with Crippen molar-refractivity contribution in [3.05, 3.63) is 12.7 Å².